The lowest BCUT2D eigenvalue weighted by molar-refractivity contribution is 0.626. The first-order valence-electron chi connectivity index (χ1n) is 9.65. The van der Waals surface area contributed by atoms with Crippen LogP contribution in [0.25, 0.3) is 21.9 Å². The highest BCUT2D eigenvalue weighted by molar-refractivity contribution is 9.10. The van der Waals surface area contributed by atoms with E-state index in [0.717, 1.165) is 21.1 Å². The molecule has 0 aliphatic heterocycles. The second-order valence-corrected chi connectivity index (χ2v) is 8.29. The molecular weight excluding hydrogens is 464 g/mol. The largest absolute Gasteiger partial charge is 0.330 e. The third kappa shape index (κ3) is 3.65. The van der Waals surface area contributed by atoms with Crippen molar-refractivity contribution in [2.45, 2.75) is 13.1 Å². The van der Waals surface area contributed by atoms with E-state index in [0.29, 0.717) is 23.0 Å². The number of fused-ring (bicyclic) bond motifs is 3. The first-order chi connectivity index (χ1) is 15.0. The molecule has 2 aromatic heterocycles. The Kier molecular flexibility index (Phi) is 4.90. The molecule has 7 heteroatoms. The monoisotopic (exact) mass is 479 g/mol. The molecule has 4 nitrogen and oxygen atoms in total. The Balaban J connectivity index is 1.72. The average Bonchev–Trinajstić information content (AvgIpc) is 3.05. The van der Waals surface area contributed by atoms with E-state index in [2.05, 4.69) is 20.9 Å². The Morgan fingerprint density at radius 1 is 0.871 bits per heavy atom. The predicted molar refractivity (Wildman–Crippen MR) is 120 cm³/mol. The summed E-state index contributed by atoms with van der Waals surface area (Å²) in [6.07, 6.45) is 1.46. The Morgan fingerprint density at radius 2 is 1.65 bits per heavy atom. The van der Waals surface area contributed by atoms with E-state index in [1.54, 1.807) is 18.2 Å². The topological polar surface area (TPSA) is 39.8 Å². The summed E-state index contributed by atoms with van der Waals surface area (Å²) >= 11 is 3.48. The molecule has 0 spiro atoms. The first-order valence-corrected chi connectivity index (χ1v) is 10.4. The fourth-order valence-electron chi connectivity index (χ4n) is 3.85. The van der Waals surface area contributed by atoms with Crippen molar-refractivity contribution in [2.24, 2.45) is 0 Å². The van der Waals surface area contributed by atoms with Gasteiger partial charge in [0.05, 0.1) is 18.4 Å². The maximum Gasteiger partial charge on any atom is 0.278 e. The lowest BCUT2D eigenvalue weighted by Crippen LogP contribution is -2.23. The molecule has 0 saturated heterocycles. The van der Waals surface area contributed by atoms with Gasteiger partial charge in [-0.15, -0.1) is 0 Å². The van der Waals surface area contributed by atoms with Gasteiger partial charge in [-0.2, -0.15) is 0 Å². The van der Waals surface area contributed by atoms with Gasteiger partial charge >= 0.3 is 0 Å². The molecular formula is C24H16BrF2N3O. The van der Waals surface area contributed by atoms with E-state index < -0.39 is 0 Å². The van der Waals surface area contributed by atoms with Gasteiger partial charge < -0.3 is 4.57 Å². The van der Waals surface area contributed by atoms with Crippen LogP contribution in [-0.4, -0.2) is 14.1 Å². The number of benzene rings is 3. The number of rotatable bonds is 4. The van der Waals surface area contributed by atoms with Crippen molar-refractivity contribution in [3.63, 3.8) is 0 Å². The van der Waals surface area contributed by atoms with Crippen LogP contribution in [0.4, 0.5) is 8.78 Å². The summed E-state index contributed by atoms with van der Waals surface area (Å²) in [6.45, 7) is 0.692. The molecule has 0 atom stereocenters. The molecule has 0 amide bonds. The molecule has 3 aromatic carbocycles. The quantitative estimate of drug-likeness (QED) is 0.342. The minimum absolute atomic E-state index is 0.235. The van der Waals surface area contributed by atoms with Gasteiger partial charge in [-0.05, 0) is 53.6 Å². The van der Waals surface area contributed by atoms with Crippen LogP contribution in [0.5, 0.6) is 0 Å². The summed E-state index contributed by atoms with van der Waals surface area (Å²) in [5.41, 5.74) is 3.15. The second kappa shape index (κ2) is 7.74. The van der Waals surface area contributed by atoms with Crippen molar-refractivity contribution >= 4 is 37.9 Å². The van der Waals surface area contributed by atoms with Crippen molar-refractivity contribution < 1.29 is 8.78 Å². The van der Waals surface area contributed by atoms with E-state index in [1.807, 2.05) is 28.8 Å². The van der Waals surface area contributed by atoms with E-state index in [9.17, 15) is 13.6 Å². The van der Waals surface area contributed by atoms with E-state index in [1.165, 1.54) is 35.2 Å². The van der Waals surface area contributed by atoms with Gasteiger partial charge in [-0.3, -0.25) is 9.36 Å². The number of hydrogen-bond donors (Lipinski definition) is 0. The van der Waals surface area contributed by atoms with Crippen LogP contribution in [0, 0.1) is 11.6 Å². The van der Waals surface area contributed by atoms with Crippen LogP contribution in [0.1, 0.15) is 11.1 Å². The molecule has 154 valence electrons. The summed E-state index contributed by atoms with van der Waals surface area (Å²) in [7, 11) is 0. The van der Waals surface area contributed by atoms with Crippen LogP contribution >= 0.6 is 15.9 Å². The zero-order valence-corrected chi connectivity index (χ0v) is 17.8. The van der Waals surface area contributed by atoms with Gasteiger partial charge in [0, 0.05) is 16.4 Å². The lowest BCUT2D eigenvalue weighted by atomic mass is 10.2. The van der Waals surface area contributed by atoms with Crippen LogP contribution in [0.2, 0.25) is 0 Å². The first kappa shape index (κ1) is 19.6. The summed E-state index contributed by atoms with van der Waals surface area (Å²) < 4.78 is 31.5. The van der Waals surface area contributed by atoms with Crippen molar-refractivity contribution in [1.29, 1.82) is 0 Å². The molecule has 0 N–H and O–H groups in total. The van der Waals surface area contributed by atoms with Crippen molar-refractivity contribution in [3.8, 4) is 0 Å². The van der Waals surface area contributed by atoms with Gasteiger partial charge in [0.1, 0.15) is 22.7 Å². The third-order valence-corrected chi connectivity index (χ3v) is 5.78. The minimum Gasteiger partial charge on any atom is -0.330 e. The van der Waals surface area contributed by atoms with Crippen molar-refractivity contribution in [2.75, 3.05) is 0 Å². The van der Waals surface area contributed by atoms with Gasteiger partial charge in [0.2, 0.25) is 0 Å². The molecule has 0 unspecified atom stereocenters. The number of nitrogens with zero attached hydrogens (tertiary/aromatic N) is 3. The molecule has 0 radical (unpaired) electrons. The smallest absolute Gasteiger partial charge is 0.278 e. The van der Waals surface area contributed by atoms with E-state index in [-0.39, 0.29) is 23.7 Å². The normalized spacial score (nSPS) is 11.5. The highest BCUT2D eigenvalue weighted by atomic mass is 79.9. The summed E-state index contributed by atoms with van der Waals surface area (Å²) in [4.78, 5) is 18.0. The van der Waals surface area contributed by atoms with Gasteiger partial charge in [-0.1, -0.05) is 40.2 Å². The maximum absolute atomic E-state index is 14.0. The van der Waals surface area contributed by atoms with E-state index >= 15 is 0 Å². The SMILES string of the molecule is O=c1c2c(ncn1Cc1ccc(F)cc1)c1cc(F)ccc1n2Cc1cccc(Br)c1. The van der Waals surface area contributed by atoms with Gasteiger partial charge in [0.25, 0.3) is 5.56 Å². The molecule has 5 rings (SSSR count). The molecule has 31 heavy (non-hydrogen) atoms. The minimum atomic E-state index is -0.383. The van der Waals surface area contributed by atoms with Crippen LogP contribution < -0.4 is 5.56 Å². The van der Waals surface area contributed by atoms with Crippen molar-refractivity contribution in [3.05, 3.63) is 111 Å². The van der Waals surface area contributed by atoms with Crippen LogP contribution in [0.15, 0.2) is 82.3 Å². The van der Waals surface area contributed by atoms with E-state index in [4.69, 9.17) is 0 Å². The molecule has 0 bridgehead atoms. The fourth-order valence-corrected chi connectivity index (χ4v) is 4.30. The maximum atomic E-state index is 14.0. The van der Waals surface area contributed by atoms with Crippen LogP contribution in [-0.2, 0) is 13.1 Å². The van der Waals surface area contributed by atoms with Crippen LogP contribution in [0.3, 0.4) is 0 Å². The third-order valence-electron chi connectivity index (χ3n) is 5.28. The Morgan fingerprint density at radius 3 is 2.42 bits per heavy atom. The summed E-state index contributed by atoms with van der Waals surface area (Å²) in [5, 5.41) is 0.594. The number of hydrogen-bond acceptors (Lipinski definition) is 2. The van der Waals surface area contributed by atoms with Gasteiger partial charge in [0.15, 0.2) is 0 Å². The highest BCUT2D eigenvalue weighted by Gasteiger charge is 2.17. The second-order valence-electron chi connectivity index (χ2n) is 7.38. The Hall–Kier alpha value is -3.32. The number of halogens is 3. The van der Waals surface area contributed by atoms with Crippen molar-refractivity contribution in [1.82, 2.24) is 14.1 Å². The fraction of sp³-hybridized carbons (Fsp3) is 0.0833. The predicted octanol–water partition coefficient (Wildman–Crippen LogP) is 5.49. The molecule has 0 saturated carbocycles. The Bertz CT molecular complexity index is 1490. The highest BCUT2D eigenvalue weighted by Crippen LogP contribution is 2.27. The molecule has 0 aliphatic carbocycles. The molecule has 0 aliphatic rings. The lowest BCUT2D eigenvalue weighted by Gasteiger charge is -2.10. The summed E-state index contributed by atoms with van der Waals surface area (Å²) in [5.74, 6) is -0.716. The molecule has 5 aromatic rings. The standard InChI is InChI=1S/C24H16BrF2N3O/c25-17-3-1-2-16(10-17)13-30-21-9-8-19(27)11-20(21)22-23(30)24(31)29(14-28-22)12-15-4-6-18(26)7-5-15/h1-11,14H,12-13H2. The zero-order valence-electron chi connectivity index (χ0n) is 16.2. The Labute approximate surface area is 184 Å². The number of aromatic nitrogens is 3. The average molecular weight is 480 g/mol. The summed E-state index contributed by atoms with van der Waals surface area (Å²) in [6, 6.07) is 18.3. The zero-order chi connectivity index (χ0) is 21.5. The van der Waals surface area contributed by atoms with Gasteiger partial charge in [-0.25, -0.2) is 13.8 Å². The molecule has 0 fully saturated rings. The molecule has 2 heterocycles.